The van der Waals surface area contributed by atoms with Gasteiger partial charge in [0.25, 0.3) is 0 Å². The van der Waals surface area contributed by atoms with E-state index in [0.29, 0.717) is 6.61 Å². The first-order valence-corrected chi connectivity index (χ1v) is 3.38. The average molecular weight is 143 g/mol. The topological polar surface area (TPSA) is 58.6 Å². The predicted molar refractivity (Wildman–Crippen MR) is 32.7 cm³/mol. The molecule has 2 aliphatic heterocycles. The lowest BCUT2D eigenvalue weighted by Crippen LogP contribution is -2.46. The number of morpholine rings is 1. The second kappa shape index (κ2) is 1.93. The van der Waals surface area contributed by atoms with Crippen molar-refractivity contribution in [2.24, 2.45) is 0 Å². The lowest BCUT2D eigenvalue weighted by atomic mass is 10.2. The molecule has 2 heterocycles. The van der Waals surface area contributed by atoms with Crippen molar-refractivity contribution in [2.75, 3.05) is 6.61 Å². The number of rotatable bonds is 1. The number of carboxylic acids is 1. The van der Waals surface area contributed by atoms with Crippen LogP contribution in [0.25, 0.3) is 0 Å². The van der Waals surface area contributed by atoms with E-state index in [0.717, 1.165) is 6.42 Å². The quantitative estimate of drug-likeness (QED) is 0.504. The molecule has 0 spiro atoms. The number of hydrogen-bond donors (Lipinski definition) is 2. The zero-order chi connectivity index (χ0) is 7.14. The van der Waals surface area contributed by atoms with E-state index in [1.54, 1.807) is 0 Å². The first kappa shape index (κ1) is 6.12. The SMILES string of the molecule is O=C(O)[C@@H]1N[C@@H]2CO[C@@H]1C2. The summed E-state index contributed by atoms with van der Waals surface area (Å²) in [4.78, 5) is 10.4. The van der Waals surface area contributed by atoms with Crippen LogP contribution >= 0.6 is 0 Å². The number of nitrogens with one attached hydrogen (secondary N) is 1. The van der Waals surface area contributed by atoms with E-state index in [1.165, 1.54) is 0 Å². The Morgan fingerprint density at radius 1 is 1.70 bits per heavy atom. The van der Waals surface area contributed by atoms with Crippen molar-refractivity contribution in [3.05, 3.63) is 0 Å². The molecule has 0 aromatic carbocycles. The molecule has 2 rings (SSSR count). The number of fused-ring (bicyclic) bond motifs is 2. The summed E-state index contributed by atoms with van der Waals surface area (Å²) < 4.78 is 5.18. The third-order valence-corrected chi connectivity index (χ3v) is 2.08. The lowest BCUT2D eigenvalue weighted by Gasteiger charge is -2.18. The highest BCUT2D eigenvalue weighted by molar-refractivity contribution is 5.75. The first-order valence-electron chi connectivity index (χ1n) is 3.38. The summed E-state index contributed by atoms with van der Waals surface area (Å²) in [5.74, 6) is -0.799. The first-order chi connectivity index (χ1) is 4.77. The van der Waals surface area contributed by atoms with Gasteiger partial charge in [-0.25, -0.2) is 0 Å². The summed E-state index contributed by atoms with van der Waals surface area (Å²) >= 11 is 0. The Morgan fingerprint density at radius 3 is 2.80 bits per heavy atom. The molecule has 2 aliphatic rings. The fourth-order valence-corrected chi connectivity index (χ4v) is 1.60. The molecule has 0 unspecified atom stereocenters. The molecule has 2 fully saturated rings. The molecule has 0 aromatic rings. The Kier molecular flexibility index (Phi) is 1.18. The Labute approximate surface area is 58.2 Å². The summed E-state index contributed by atoms with van der Waals surface area (Å²) in [5.41, 5.74) is 0. The molecule has 3 atom stereocenters. The fourth-order valence-electron chi connectivity index (χ4n) is 1.60. The number of carboxylic acid groups (broad SMARTS) is 1. The van der Waals surface area contributed by atoms with Crippen molar-refractivity contribution in [3.63, 3.8) is 0 Å². The molecule has 0 amide bonds. The van der Waals surface area contributed by atoms with E-state index in [4.69, 9.17) is 9.84 Å². The van der Waals surface area contributed by atoms with E-state index in [2.05, 4.69) is 5.32 Å². The number of ether oxygens (including phenoxy) is 1. The van der Waals surface area contributed by atoms with E-state index in [-0.39, 0.29) is 12.1 Å². The summed E-state index contributed by atoms with van der Waals surface area (Å²) in [7, 11) is 0. The summed E-state index contributed by atoms with van der Waals surface area (Å²) in [6.45, 7) is 0.675. The second-order valence-corrected chi connectivity index (χ2v) is 2.79. The third-order valence-electron chi connectivity index (χ3n) is 2.08. The summed E-state index contributed by atoms with van der Waals surface area (Å²) in [5, 5.41) is 11.6. The van der Waals surface area contributed by atoms with Crippen molar-refractivity contribution >= 4 is 5.97 Å². The summed E-state index contributed by atoms with van der Waals surface area (Å²) in [6, 6.07) is -0.176. The molecule has 56 valence electrons. The molecule has 2 bridgehead atoms. The van der Waals surface area contributed by atoms with Crippen molar-refractivity contribution in [3.8, 4) is 0 Å². The maximum Gasteiger partial charge on any atom is 0.323 e. The molecular weight excluding hydrogens is 134 g/mol. The molecule has 10 heavy (non-hydrogen) atoms. The van der Waals surface area contributed by atoms with Crippen LogP contribution < -0.4 is 5.32 Å². The van der Waals surface area contributed by atoms with Crippen LogP contribution in [-0.2, 0) is 9.53 Å². The number of hydrogen-bond acceptors (Lipinski definition) is 3. The Balaban J connectivity index is 2.08. The molecule has 0 radical (unpaired) electrons. The maximum absolute atomic E-state index is 10.4. The van der Waals surface area contributed by atoms with E-state index in [1.807, 2.05) is 0 Å². The minimum atomic E-state index is -0.799. The van der Waals surface area contributed by atoms with Crippen LogP contribution in [0.1, 0.15) is 6.42 Å². The van der Waals surface area contributed by atoms with Crippen LogP contribution in [0.5, 0.6) is 0 Å². The fraction of sp³-hybridized carbons (Fsp3) is 0.833. The Morgan fingerprint density at radius 2 is 2.50 bits per heavy atom. The average Bonchev–Trinajstić information content (AvgIpc) is 2.44. The third kappa shape index (κ3) is 0.726. The molecular formula is C6H9NO3. The zero-order valence-corrected chi connectivity index (χ0v) is 5.41. The maximum atomic E-state index is 10.4. The predicted octanol–water partition coefficient (Wildman–Crippen LogP) is -0.800. The molecule has 2 saturated heterocycles. The second-order valence-electron chi connectivity index (χ2n) is 2.79. The van der Waals surface area contributed by atoms with Crippen LogP contribution in [-0.4, -0.2) is 35.9 Å². The number of carbonyl (C=O) groups is 1. The van der Waals surface area contributed by atoms with Crippen LogP contribution in [0.2, 0.25) is 0 Å². The Bertz CT molecular complexity index is 170. The van der Waals surface area contributed by atoms with Crippen molar-refractivity contribution in [1.82, 2.24) is 5.32 Å². The minimum absolute atomic E-state index is 0.0810. The van der Waals surface area contributed by atoms with Gasteiger partial charge in [-0.1, -0.05) is 0 Å². The van der Waals surface area contributed by atoms with Crippen molar-refractivity contribution in [2.45, 2.75) is 24.6 Å². The molecule has 0 aliphatic carbocycles. The molecule has 2 N–H and O–H groups in total. The van der Waals surface area contributed by atoms with Crippen molar-refractivity contribution < 1.29 is 14.6 Å². The Hall–Kier alpha value is -0.610. The van der Waals surface area contributed by atoms with E-state index < -0.39 is 12.0 Å². The number of aliphatic carboxylic acids is 1. The highest BCUT2D eigenvalue weighted by atomic mass is 16.5. The van der Waals surface area contributed by atoms with Gasteiger partial charge < -0.3 is 9.84 Å². The van der Waals surface area contributed by atoms with Crippen LogP contribution in [0, 0.1) is 0 Å². The van der Waals surface area contributed by atoms with Gasteiger partial charge in [-0.3, -0.25) is 10.1 Å². The van der Waals surface area contributed by atoms with Crippen LogP contribution in [0.15, 0.2) is 0 Å². The molecule has 4 heteroatoms. The van der Waals surface area contributed by atoms with Gasteiger partial charge in [0.05, 0.1) is 12.7 Å². The normalized spacial score (nSPS) is 44.2. The standard InChI is InChI=1S/C6H9NO3/c8-6(9)5-4-1-3(7-5)2-10-4/h3-5,7H,1-2H2,(H,8,9)/t3-,4+,5+/m0/s1. The van der Waals surface area contributed by atoms with Gasteiger partial charge >= 0.3 is 5.97 Å². The van der Waals surface area contributed by atoms with Gasteiger partial charge in [-0.05, 0) is 6.42 Å². The molecule has 4 nitrogen and oxygen atoms in total. The highest BCUT2D eigenvalue weighted by Crippen LogP contribution is 2.24. The van der Waals surface area contributed by atoms with Gasteiger partial charge in [-0.2, -0.15) is 0 Å². The van der Waals surface area contributed by atoms with Crippen LogP contribution in [0.4, 0.5) is 0 Å². The lowest BCUT2D eigenvalue weighted by molar-refractivity contribution is -0.143. The monoisotopic (exact) mass is 143 g/mol. The van der Waals surface area contributed by atoms with E-state index in [9.17, 15) is 4.79 Å². The van der Waals surface area contributed by atoms with Gasteiger partial charge in [0.15, 0.2) is 0 Å². The molecule has 0 aromatic heterocycles. The largest absolute Gasteiger partial charge is 0.480 e. The van der Waals surface area contributed by atoms with Gasteiger partial charge in [0, 0.05) is 6.04 Å². The van der Waals surface area contributed by atoms with Gasteiger partial charge in [0.1, 0.15) is 6.04 Å². The highest BCUT2D eigenvalue weighted by Gasteiger charge is 2.44. The summed E-state index contributed by atoms with van der Waals surface area (Å²) in [6.07, 6.45) is 0.777. The zero-order valence-electron chi connectivity index (χ0n) is 5.41. The molecule has 0 saturated carbocycles. The minimum Gasteiger partial charge on any atom is -0.480 e. The van der Waals surface area contributed by atoms with Gasteiger partial charge in [-0.15, -0.1) is 0 Å². The van der Waals surface area contributed by atoms with Crippen molar-refractivity contribution in [1.29, 1.82) is 0 Å². The van der Waals surface area contributed by atoms with Crippen LogP contribution in [0.3, 0.4) is 0 Å². The van der Waals surface area contributed by atoms with E-state index >= 15 is 0 Å². The van der Waals surface area contributed by atoms with Gasteiger partial charge in [0.2, 0.25) is 0 Å². The smallest absolute Gasteiger partial charge is 0.323 e.